The lowest BCUT2D eigenvalue weighted by molar-refractivity contribution is -0.167. The first-order valence-corrected chi connectivity index (χ1v) is 27.2. The van der Waals surface area contributed by atoms with Gasteiger partial charge < -0.3 is 14.2 Å². The molecule has 0 aromatic rings. The van der Waals surface area contributed by atoms with Crippen LogP contribution >= 0.6 is 0 Å². The number of unbranched alkanes of at least 4 members (excludes halogenated alkanes) is 21. The minimum atomic E-state index is -0.796. The molecular formula is C60H100O6. The fourth-order valence-electron chi connectivity index (χ4n) is 7.31. The molecule has 0 aliphatic heterocycles. The van der Waals surface area contributed by atoms with Crippen LogP contribution in [-0.2, 0) is 28.6 Å². The molecule has 0 aromatic carbocycles. The van der Waals surface area contributed by atoms with Crippen LogP contribution in [0.2, 0.25) is 0 Å². The standard InChI is InChI=1S/C60H100O6/c1-4-7-10-13-16-19-22-25-27-29-30-32-33-35-38-41-44-47-50-53-59(62)65-56-57(55-64-58(61)52-49-46-43-40-37-24-21-18-15-12-9-6-3)66-60(63)54-51-48-45-42-39-36-34-31-28-26-23-20-17-14-11-8-5-2/h7-8,10-11,16-17,19-20,25-28,30,32,34,36,57H,4-6,9,12-15,18,21-24,29,31,33,35,37-56H2,1-3H3/b10-7-,11-8-,19-16-,20-17-,27-25-,28-26-,32-30-,36-34-. The summed E-state index contributed by atoms with van der Waals surface area (Å²) in [5.41, 5.74) is 0. The molecule has 6 nitrogen and oxygen atoms in total. The molecule has 0 amide bonds. The molecule has 1 atom stereocenters. The third-order valence-corrected chi connectivity index (χ3v) is 11.3. The minimum Gasteiger partial charge on any atom is -0.462 e. The molecule has 0 saturated carbocycles. The number of carbonyl (C=O) groups is 3. The Bertz CT molecular complexity index is 1330. The second-order valence-corrected chi connectivity index (χ2v) is 17.7. The molecule has 66 heavy (non-hydrogen) atoms. The number of allylic oxidation sites excluding steroid dienone is 16. The summed E-state index contributed by atoms with van der Waals surface area (Å²) < 4.78 is 16.8. The fraction of sp³-hybridized carbons (Fsp3) is 0.683. The molecule has 0 radical (unpaired) electrons. The Morgan fingerprint density at radius 3 is 0.924 bits per heavy atom. The normalized spacial score (nSPS) is 12.8. The van der Waals surface area contributed by atoms with Gasteiger partial charge in [0.2, 0.25) is 0 Å². The molecule has 0 aliphatic rings. The second kappa shape index (κ2) is 53.9. The van der Waals surface area contributed by atoms with Gasteiger partial charge in [-0.1, -0.05) is 227 Å². The van der Waals surface area contributed by atoms with Crippen molar-refractivity contribution in [2.45, 2.75) is 252 Å². The predicted molar refractivity (Wildman–Crippen MR) is 284 cm³/mol. The van der Waals surface area contributed by atoms with Crippen molar-refractivity contribution < 1.29 is 28.6 Å². The van der Waals surface area contributed by atoms with Crippen molar-refractivity contribution in [1.29, 1.82) is 0 Å². The average Bonchev–Trinajstić information content (AvgIpc) is 3.31. The molecule has 0 bridgehead atoms. The van der Waals surface area contributed by atoms with Gasteiger partial charge in [0.05, 0.1) is 0 Å². The average molecular weight is 917 g/mol. The van der Waals surface area contributed by atoms with E-state index in [0.717, 1.165) is 135 Å². The van der Waals surface area contributed by atoms with Gasteiger partial charge in [0.1, 0.15) is 13.2 Å². The highest BCUT2D eigenvalue weighted by atomic mass is 16.6. The van der Waals surface area contributed by atoms with Gasteiger partial charge in [0.15, 0.2) is 6.10 Å². The Kier molecular flexibility index (Phi) is 50.9. The van der Waals surface area contributed by atoms with E-state index in [1.54, 1.807) is 0 Å². The van der Waals surface area contributed by atoms with Crippen LogP contribution in [-0.4, -0.2) is 37.2 Å². The maximum Gasteiger partial charge on any atom is 0.306 e. The summed E-state index contributed by atoms with van der Waals surface area (Å²) in [5, 5.41) is 0. The molecule has 0 N–H and O–H groups in total. The van der Waals surface area contributed by atoms with E-state index < -0.39 is 6.10 Å². The summed E-state index contributed by atoms with van der Waals surface area (Å²) in [5.74, 6) is -0.929. The van der Waals surface area contributed by atoms with E-state index in [1.165, 1.54) is 70.6 Å². The number of hydrogen-bond acceptors (Lipinski definition) is 6. The zero-order valence-electron chi connectivity index (χ0n) is 42.9. The largest absolute Gasteiger partial charge is 0.462 e. The summed E-state index contributed by atoms with van der Waals surface area (Å²) >= 11 is 0. The molecule has 6 heteroatoms. The van der Waals surface area contributed by atoms with E-state index >= 15 is 0 Å². The predicted octanol–water partition coefficient (Wildman–Crippen LogP) is 18.1. The van der Waals surface area contributed by atoms with Crippen molar-refractivity contribution in [3.8, 4) is 0 Å². The van der Waals surface area contributed by atoms with Gasteiger partial charge in [-0.15, -0.1) is 0 Å². The molecule has 0 aromatic heterocycles. The third-order valence-electron chi connectivity index (χ3n) is 11.3. The van der Waals surface area contributed by atoms with Crippen LogP contribution in [0.1, 0.15) is 245 Å². The van der Waals surface area contributed by atoms with Gasteiger partial charge in [0, 0.05) is 19.3 Å². The Balaban J connectivity index is 4.44. The van der Waals surface area contributed by atoms with Crippen LogP contribution in [0.3, 0.4) is 0 Å². The van der Waals surface area contributed by atoms with Gasteiger partial charge >= 0.3 is 17.9 Å². The van der Waals surface area contributed by atoms with Gasteiger partial charge in [-0.05, 0) is 96.3 Å². The van der Waals surface area contributed by atoms with Crippen molar-refractivity contribution in [1.82, 2.24) is 0 Å². The quantitative estimate of drug-likeness (QED) is 0.0262. The Morgan fingerprint density at radius 2 is 0.591 bits per heavy atom. The van der Waals surface area contributed by atoms with Crippen molar-refractivity contribution >= 4 is 17.9 Å². The first-order valence-electron chi connectivity index (χ1n) is 27.2. The molecule has 376 valence electrons. The van der Waals surface area contributed by atoms with Crippen molar-refractivity contribution in [3.05, 3.63) is 97.2 Å². The smallest absolute Gasteiger partial charge is 0.306 e. The monoisotopic (exact) mass is 917 g/mol. The van der Waals surface area contributed by atoms with Gasteiger partial charge in [0.25, 0.3) is 0 Å². The van der Waals surface area contributed by atoms with Crippen molar-refractivity contribution in [2.75, 3.05) is 13.2 Å². The number of hydrogen-bond donors (Lipinski definition) is 0. The molecule has 1 unspecified atom stereocenters. The highest BCUT2D eigenvalue weighted by Gasteiger charge is 2.19. The SMILES string of the molecule is CC/C=C\C/C=C\C/C=C\C/C=C\CCCCCCCCC(=O)OCC(COC(=O)CCCCCCCCCCCCCC)OC(=O)CCCCCC/C=C\C/C=C\C/C=C\C/C=C\CC. The topological polar surface area (TPSA) is 78.9 Å². The highest BCUT2D eigenvalue weighted by molar-refractivity contribution is 5.71. The molecule has 0 rings (SSSR count). The molecule has 0 fully saturated rings. The van der Waals surface area contributed by atoms with Gasteiger partial charge in [-0.25, -0.2) is 0 Å². The zero-order valence-corrected chi connectivity index (χ0v) is 42.9. The Hall–Kier alpha value is -3.67. The molecule has 0 saturated heterocycles. The molecule has 0 spiro atoms. The van der Waals surface area contributed by atoms with Crippen LogP contribution in [0, 0.1) is 0 Å². The highest BCUT2D eigenvalue weighted by Crippen LogP contribution is 2.14. The van der Waals surface area contributed by atoms with Crippen LogP contribution in [0.4, 0.5) is 0 Å². The van der Waals surface area contributed by atoms with Gasteiger partial charge in [-0.2, -0.15) is 0 Å². The van der Waals surface area contributed by atoms with E-state index in [4.69, 9.17) is 14.2 Å². The second-order valence-electron chi connectivity index (χ2n) is 17.7. The summed E-state index contributed by atoms with van der Waals surface area (Å²) in [7, 11) is 0. The van der Waals surface area contributed by atoms with E-state index in [-0.39, 0.29) is 31.1 Å². The molecular weight excluding hydrogens is 817 g/mol. The molecule has 0 aliphatic carbocycles. The van der Waals surface area contributed by atoms with E-state index in [0.29, 0.717) is 19.3 Å². The summed E-state index contributed by atoms with van der Waals surface area (Å²) in [4.78, 5) is 38.1. The fourth-order valence-corrected chi connectivity index (χ4v) is 7.31. The first kappa shape index (κ1) is 62.3. The van der Waals surface area contributed by atoms with E-state index in [2.05, 4.69) is 118 Å². The first-order chi connectivity index (χ1) is 32.5. The van der Waals surface area contributed by atoms with E-state index in [9.17, 15) is 14.4 Å². The Labute approximate surface area is 407 Å². The Morgan fingerprint density at radius 1 is 0.318 bits per heavy atom. The number of carbonyl (C=O) groups excluding carboxylic acids is 3. The maximum absolute atomic E-state index is 12.8. The van der Waals surface area contributed by atoms with E-state index in [1.807, 2.05) is 0 Å². The van der Waals surface area contributed by atoms with Crippen molar-refractivity contribution in [3.63, 3.8) is 0 Å². The van der Waals surface area contributed by atoms with Crippen LogP contribution in [0.15, 0.2) is 97.2 Å². The lowest BCUT2D eigenvalue weighted by atomic mass is 10.0. The zero-order chi connectivity index (χ0) is 47.9. The lowest BCUT2D eigenvalue weighted by Crippen LogP contribution is -2.30. The number of esters is 3. The maximum atomic E-state index is 12.8. The van der Waals surface area contributed by atoms with Crippen LogP contribution in [0.25, 0.3) is 0 Å². The number of ether oxygens (including phenoxy) is 3. The van der Waals surface area contributed by atoms with Crippen molar-refractivity contribution in [2.24, 2.45) is 0 Å². The minimum absolute atomic E-state index is 0.0914. The number of rotatable bonds is 48. The third kappa shape index (κ3) is 51.3. The van der Waals surface area contributed by atoms with Crippen LogP contribution < -0.4 is 0 Å². The van der Waals surface area contributed by atoms with Crippen LogP contribution in [0.5, 0.6) is 0 Å². The summed E-state index contributed by atoms with van der Waals surface area (Å²) in [6.45, 7) is 6.38. The molecule has 0 heterocycles. The van der Waals surface area contributed by atoms with Gasteiger partial charge in [-0.3, -0.25) is 14.4 Å². The lowest BCUT2D eigenvalue weighted by Gasteiger charge is -2.18. The summed E-state index contributed by atoms with van der Waals surface area (Å²) in [6.07, 6.45) is 71.0. The summed E-state index contributed by atoms with van der Waals surface area (Å²) in [6, 6.07) is 0.